The van der Waals surface area contributed by atoms with Gasteiger partial charge in [-0.1, -0.05) is 15.9 Å². The highest BCUT2D eigenvalue weighted by Crippen LogP contribution is 2.23. The van der Waals surface area contributed by atoms with Crippen molar-refractivity contribution in [2.24, 2.45) is 0 Å². The van der Waals surface area contributed by atoms with Crippen LogP contribution < -0.4 is 0 Å². The zero-order chi connectivity index (χ0) is 16.3. The van der Waals surface area contributed by atoms with Crippen molar-refractivity contribution in [3.63, 3.8) is 0 Å². The minimum absolute atomic E-state index is 0.131. The van der Waals surface area contributed by atoms with E-state index in [-0.39, 0.29) is 18.0 Å². The van der Waals surface area contributed by atoms with E-state index in [2.05, 4.69) is 15.9 Å². The molecule has 0 aliphatic rings. The number of benzene rings is 1. The second-order valence-electron chi connectivity index (χ2n) is 4.89. The molecule has 0 fully saturated rings. The van der Waals surface area contributed by atoms with Gasteiger partial charge in [-0.05, 0) is 48.5 Å². The highest BCUT2D eigenvalue weighted by Gasteiger charge is 2.26. The van der Waals surface area contributed by atoms with Gasteiger partial charge in [0, 0.05) is 4.47 Å². The Morgan fingerprint density at radius 3 is 1.83 bits per heavy atom. The van der Waals surface area contributed by atoms with Crippen molar-refractivity contribution >= 4 is 26.0 Å². The van der Waals surface area contributed by atoms with Crippen molar-refractivity contribution < 1.29 is 17.3 Å². The SMILES string of the molecule is O=S(=O)(c1ccc(Br)cc1)N(Cc1ccco1)Cc1ccco1. The predicted molar refractivity (Wildman–Crippen MR) is 88.0 cm³/mol. The van der Waals surface area contributed by atoms with E-state index in [9.17, 15) is 8.42 Å². The lowest BCUT2D eigenvalue weighted by Crippen LogP contribution is -2.30. The van der Waals surface area contributed by atoms with Crippen LogP contribution in [0.25, 0.3) is 0 Å². The largest absolute Gasteiger partial charge is 0.468 e. The second kappa shape index (κ2) is 6.74. The van der Waals surface area contributed by atoms with Crippen molar-refractivity contribution in [1.29, 1.82) is 0 Å². The first-order valence-electron chi connectivity index (χ1n) is 6.86. The average molecular weight is 396 g/mol. The first-order valence-corrected chi connectivity index (χ1v) is 9.09. The summed E-state index contributed by atoms with van der Waals surface area (Å²) in [6.07, 6.45) is 3.04. The van der Waals surface area contributed by atoms with Crippen LogP contribution in [0.2, 0.25) is 0 Å². The lowest BCUT2D eigenvalue weighted by Gasteiger charge is -2.20. The Morgan fingerprint density at radius 2 is 1.39 bits per heavy atom. The van der Waals surface area contributed by atoms with Gasteiger partial charge in [0.15, 0.2) is 0 Å². The van der Waals surface area contributed by atoms with Gasteiger partial charge in [0.1, 0.15) is 11.5 Å². The van der Waals surface area contributed by atoms with Gasteiger partial charge in [0.25, 0.3) is 0 Å². The fourth-order valence-corrected chi connectivity index (χ4v) is 3.77. The normalized spacial score (nSPS) is 11.9. The van der Waals surface area contributed by atoms with Crippen LogP contribution in [0, 0.1) is 0 Å². The maximum absolute atomic E-state index is 12.9. The summed E-state index contributed by atoms with van der Waals surface area (Å²) >= 11 is 3.31. The first kappa shape index (κ1) is 16.0. The van der Waals surface area contributed by atoms with Crippen molar-refractivity contribution in [1.82, 2.24) is 4.31 Å². The van der Waals surface area contributed by atoms with Crippen LogP contribution in [-0.2, 0) is 23.1 Å². The molecule has 120 valence electrons. The number of nitrogens with zero attached hydrogens (tertiary/aromatic N) is 1. The molecule has 0 N–H and O–H groups in total. The summed E-state index contributed by atoms with van der Waals surface area (Å²) < 4.78 is 38.6. The summed E-state index contributed by atoms with van der Waals surface area (Å²) in [6.45, 7) is 0.262. The molecular formula is C16H14BrNO4S. The molecule has 0 unspecified atom stereocenters. The highest BCUT2D eigenvalue weighted by molar-refractivity contribution is 9.10. The van der Waals surface area contributed by atoms with Gasteiger partial charge >= 0.3 is 0 Å². The minimum Gasteiger partial charge on any atom is -0.468 e. The molecule has 0 bridgehead atoms. The van der Waals surface area contributed by atoms with E-state index in [0.29, 0.717) is 11.5 Å². The second-order valence-corrected chi connectivity index (χ2v) is 7.74. The topological polar surface area (TPSA) is 63.7 Å². The molecule has 0 aliphatic carbocycles. The Hall–Kier alpha value is -1.83. The van der Waals surface area contributed by atoms with Crippen LogP contribution in [0.3, 0.4) is 0 Å². The monoisotopic (exact) mass is 395 g/mol. The standard InChI is InChI=1S/C16H14BrNO4S/c17-13-5-7-16(8-6-13)23(19,20)18(11-14-3-1-9-21-14)12-15-4-2-10-22-15/h1-10H,11-12H2. The predicted octanol–water partition coefficient (Wildman–Crippen LogP) is 4.03. The van der Waals surface area contributed by atoms with E-state index >= 15 is 0 Å². The molecule has 0 atom stereocenters. The molecule has 0 radical (unpaired) electrons. The Kier molecular flexibility index (Phi) is 4.70. The van der Waals surface area contributed by atoms with Crippen molar-refractivity contribution in [3.8, 4) is 0 Å². The van der Waals surface area contributed by atoms with Crippen LogP contribution in [0.5, 0.6) is 0 Å². The van der Waals surface area contributed by atoms with Crippen molar-refractivity contribution in [2.75, 3.05) is 0 Å². The van der Waals surface area contributed by atoms with Crippen LogP contribution in [0.1, 0.15) is 11.5 Å². The van der Waals surface area contributed by atoms with Gasteiger partial charge in [0.05, 0.1) is 30.5 Å². The zero-order valence-corrected chi connectivity index (χ0v) is 14.5. The maximum atomic E-state index is 12.9. The lowest BCUT2D eigenvalue weighted by molar-refractivity contribution is 0.330. The summed E-state index contributed by atoms with van der Waals surface area (Å²) in [6, 6.07) is 13.5. The summed E-state index contributed by atoms with van der Waals surface area (Å²) in [5.41, 5.74) is 0. The molecule has 0 aliphatic heterocycles. The van der Waals surface area contributed by atoms with Crippen LogP contribution in [-0.4, -0.2) is 12.7 Å². The third-order valence-electron chi connectivity index (χ3n) is 3.28. The molecule has 0 amide bonds. The minimum atomic E-state index is -3.68. The summed E-state index contributed by atoms with van der Waals surface area (Å²) in [4.78, 5) is 0.221. The molecule has 2 heterocycles. The first-order chi connectivity index (χ1) is 11.1. The number of hydrogen-bond donors (Lipinski definition) is 0. The molecule has 3 rings (SSSR count). The lowest BCUT2D eigenvalue weighted by atomic mass is 10.4. The molecule has 0 saturated carbocycles. The summed E-state index contributed by atoms with van der Waals surface area (Å²) in [5, 5.41) is 0. The molecule has 3 aromatic rings. The zero-order valence-electron chi connectivity index (χ0n) is 12.1. The molecule has 23 heavy (non-hydrogen) atoms. The molecule has 0 saturated heterocycles. The Labute approximate surface area is 142 Å². The molecule has 2 aromatic heterocycles. The van der Waals surface area contributed by atoms with Gasteiger partial charge < -0.3 is 8.83 Å². The average Bonchev–Trinajstić information content (AvgIpc) is 3.20. The van der Waals surface area contributed by atoms with E-state index in [1.54, 1.807) is 48.5 Å². The quantitative estimate of drug-likeness (QED) is 0.631. The smallest absolute Gasteiger partial charge is 0.243 e. The number of halogens is 1. The molecular weight excluding hydrogens is 382 g/mol. The van der Waals surface area contributed by atoms with E-state index in [0.717, 1.165) is 4.47 Å². The fourth-order valence-electron chi connectivity index (χ4n) is 2.13. The maximum Gasteiger partial charge on any atom is 0.243 e. The fraction of sp³-hybridized carbons (Fsp3) is 0.125. The van der Waals surface area contributed by atoms with Gasteiger partial charge in [0.2, 0.25) is 10.0 Å². The van der Waals surface area contributed by atoms with Crippen LogP contribution >= 0.6 is 15.9 Å². The summed E-state index contributed by atoms with van der Waals surface area (Å²) in [5.74, 6) is 1.13. The number of furan rings is 2. The molecule has 1 aromatic carbocycles. The molecule has 5 nitrogen and oxygen atoms in total. The van der Waals surface area contributed by atoms with Crippen molar-refractivity contribution in [3.05, 3.63) is 77.1 Å². The van der Waals surface area contributed by atoms with Crippen LogP contribution in [0.4, 0.5) is 0 Å². The Bertz CT molecular complexity index is 804. The third kappa shape index (κ3) is 3.74. The highest BCUT2D eigenvalue weighted by atomic mass is 79.9. The van der Waals surface area contributed by atoms with Gasteiger partial charge in [-0.3, -0.25) is 0 Å². The Balaban J connectivity index is 1.93. The molecule has 7 heteroatoms. The van der Waals surface area contributed by atoms with E-state index < -0.39 is 10.0 Å². The van der Waals surface area contributed by atoms with E-state index in [1.165, 1.54) is 16.8 Å². The van der Waals surface area contributed by atoms with Gasteiger partial charge in [-0.25, -0.2) is 8.42 Å². The van der Waals surface area contributed by atoms with E-state index in [1.807, 2.05) is 0 Å². The molecule has 0 spiro atoms. The van der Waals surface area contributed by atoms with Crippen molar-refractivity contribution in [2.45, 2.75) is 18.0 Å². The number of sulfonamides is 1. The number of rotatable bonds is 6. The third-order valence-corrected chi connectivity index (χ3v) is 5.61. The van der Waals surface area contributed by atoms with Crippen LogP contribution in [0.15, 0.2) is 79.3 Å². The summed E-state index contributed by atoms with van der Waals surface area (Å²) in [7, 11) is -3.68. The number of hydrogen-bond acceptors (Lipinski definition) is 4. The van der Waals surface area contributed by atoms with E-state index in [4.69, 9.17) is 8.83 Å². The Morgan fingerprint density at radius 1 is 0.870 bits per heavy atom. The van der Waals surface area contributed by atoms with Gasteiger partial charge in [-0.2, -0.15) is 4.31 Å². The van der Waals surface area contributed by atoms with Gasteiger partial charge in [-0.15, -0.1) is 0 Å².